The quantitative estimate of drug-likeness (QED) is 0.129. The molecule has 444 valence electrons. The molecule has 2 aromatic heterocycles. The summed E-state index contributed by atoms with van der Waals surface area (Å²) in [5.41, 5.74) is 22.0. The molecule has 2 aliphatic heterocycles. The van der Waals surface area contributed by atoms with Gasteiger partial charge < -0.3 is 4.90 Å². The number of nitrogens with zero attached hydrogens (tertiary/aromatic N) is 5. The Bertz CT molecular complexity index is 5550. The zero-order valence-electron chi connectivity index (χ0n) is 55.4. The molecule has 0 bridgehead atoms. The third-order valence-electron chi connectivity index (χ3n) is 18.2. The van der Waals surface area contributed by atoms with Gasteiger partial charge >= 0.3 is 306 Å². The Labute approximate surface area is 558 Å². The molecule has 1 spiro atoms. The zero-order valence-corrected chi connectivity index (χ0v) is 52.7. The fourth-order valence-corrected chi connectivity index (χ4v) is 15.3. The third-order valence-corrected chi connectivity index (χ3v) is 19.2. The number of rotatable bonds is 11. The molecule has 17 rings (SSSR count). The van der Waals surface area contributed by atoms with Gasteiger partial charge in [-0.25, -0.2) is 0 Å². The molecule has 0 N–H and O–H groups in total. The van der Waals surface area contributed by atoms with Gasteiger partial charge in [-0.3, -0.25) is 0 Å². The Hall–Kier alpha value is -11.4. The molecule has 0 saturated carbocycles. The van der Waals surface area contributed by atoms with E-state index in [9.17, 15) is 0 Å². The van der Waals surface area contributed by atoms with Gasteiger partial charge in [0.1, 0.15) is 0 Å². The van der Waals surface area contributed by atoms with Crippen molar-refractivity contribution in [2.45, 2.75) is 12.3 Å². The van der Waals surface area contributed by atoms with Crippen molar-refractivity contribution in [1.82, 2.24) is 14.1 Å². The van der Waals surface area contributed by atoms with Crippen molar-refractivity contribution in [2.24, 2.45) is 0 Å². The zero-order chi connectivity index (χ0) is 66.3. The van der Waals surface area contributed by atoms with Crippen LogP contribution in [-0.4, -0.2) is 14.1 Å². The molecule has 2 aliphatic rings. The second kappa shape index (κ2) is 23.1. The van der Waals surface area contributed by atoms with Gasteiger partial charge in [-0.1, -0.05) is 152 Å². The normalized spacial score (nSPS) is 13.4. The SMILES string of the molecule is [2H]c1c([2H])c([2H])c(-c2cnc(N3c4ccccc4C4(c5ccc(-c6ccccc6)cc5N(c5ccccc5)c5cc(-c6ccccc6)ccc54)c4ccc(Oc5cccc(-n6[c](=[Pt])n(-c7c(-c8ccccc8)cccc7-c7ccccc7)c7ccccc76)c5)cc43)cc2C)c([2H])c1[2H]. The average Bonchev–Trinajstić information content (AvgIpc) is 0.837. The first-order valence-electron chi connectivity index (χ1n) is 33.6. The fourth-order valence-electron chi connectivity index (χ4n) is 14.2. The molecule has 0 unspecified atom stereocenters. The molecule has 93 heavy (non-hydrogen) atoms. The van der Waals surface area contributed by atoms with Gasteiger partial charge in [0.25, 0.3) is 0 Å². The van der Waals surface area contributed by atoms with E-state index in [2.05, 4.69) is 329 Å². The van der Waals surface area contributed by atoms with Crippen LogP contribution in [0.5, 0.6) is 11.5 Å². The molecule has 0 radical (unpaired) electrons. The van der Waals surface area contributed by atoms with E-state index in [4.69, 9.17) is 16.6 Å². The van der Waals surface area contributed by atoms with Crippen molar-refractivity contribution >= 4 is 45.3 Å². The fraction of sp³-hybridized carbons (Fsp3) is 0.0233. The van der Waals surface area contributed by atoms with E-state index in [1.54, 1.807) is 6.20 Å². The van der Waals surface area contributed by atoms with Crippen LogP contribution in [0.4, 0.5) is 34.3 Å². The van der Waals surface area contributed by atoms with E-state index in [1.165, 1.54) is 0 Å². The van der Waals surface area contributed by atoms with Crippen LogP contribution in [0, 0.1) is 10.7 Å². The number of aryl methyl sites for hydroxylation is 1. The smallest absolute Gasteiger partial charge is 0.0616 e. The summed E-state index contributed by atoms with van der Waals surface area (Å²) in [5, 5.41) is 0. The number of anilines is 6. The number of fused-ring (bicyclic) bond motifs is 9. The van der Waals surface area contributed by atoms with Crippen LogP contribution in [0.3, 0.4) is 0 Å². The van der Waals surface area contributed by atoms with Gasteiger partial charge in [-0.15, -0.1) is 0 Å². The van der Waals surface area contributed by atoms with Crippen molar-refractivity contribution in [3.63, 3.8) is 0 Å². The van der Waals surface area contributed by atoms with Crippen molar-refractivity contribution < 1.29 is 30.9 Å². The molecule has 0 amide bonds. The average molecular weight is 1380 g/mol. The van der Waals surface area contributed by atoms with Crippen LogP contribution < -0.4 is 14.5 Å². The van der Waals surface area contributed by atoms with Gasteiger partial charge in [0.05, 0.1) is 18.2 Å². The van der Waals surface area contributed by atoms with Crippen LogP contribution >= 0.6 is 0 Å². The molecule has 15 aromatic rings. The second-order valence-corrected chi connectivity index (χ2v) is 24.5. The molecule has 4 heterocycles. The van der Waals surface area contributed by atoms with Gasteiger partial charge in [0.2, 0.25) is 0 Å². The summed E-state index contributed by atoms with van der Waals surface area (Å²) in [5.74, 6) is 1.77. The molecular formula is C86H59N5OPt. The maximum atomic E-state index is 9.04. The predicted octanol–water partition coefficient (Wildman–Crippen LogP) is 22.3. The van der Waals surface area contributed by atoms with E-state index >= 15 is 0 Å². The summed E-state index contributed by atoms with van der Waals surface area (Å²) in [6.07, 6.45) is 1.65. The summed E-state index contributed by atoms with van der Waals surface area (Å²) in [7, 11) is 0. The summed E-state index contributed by atoms with van der Waals surface area (Å²) in [4.78, 5) is 9.89. The van der Waals surface area contributed by atoms with Crippen LogP contribution in [0.15, 0.2) is 340 Å². The predicted molar refractivity (Wildman–Crippen MR) is 377 cm³/mol. The Morgan fingerprint density at radius 2 is 0.849 bits per heavy atom. The van der Waals surface area contributed by atoms with Gasteiger partial charge in [0, 0.05) is 17.4 Å². The van der Waals surface area contributed by atoms with Crippen LogP contribution in [-0.2, 0) is 24.8 Å². The maximum absolute atomic E-state index is 9.04. The third kappa shape index (κ3) is 9.36. The number of imidazole rings is 1. The number of pyridine rings is 1. The Morgan fingerprint density at radius 1 is 0.366 bits per heavy atom. The first kappa shape index (κ1) is 50.3. The van der Waals surface area contributed by atoms with E-state index in [0.717, 1.165) is 121 Å². The molecule has 0 aliphatic carbocycles. The van der Waals surface area contributed by atoms with E-state index < -0.39 is 23.5 Å². The van der Waals surface area contributed by atoms with Crippen molar-refractivity contribution in [3.8, 4) is 78.5 Å². The van der Waals surface area contributed by atoms with Gasteiger partial charge in [0.15, 0.2) is 0 Å². The van der Waals surface area contributed by atoms with Gasteiger partial charge in [-0.05, 0) is 64.6 Å². The molecular weight excluding hydrogens is 1310 g/mol. The topological polar surface area (TPSA) is 38.5 Å². The standard InChI is InChI=1S/C86H59N5O.Pt/c1-59-52-84(87-57-73(59)64-34-16-6-17-35-64)91-78-43-21-20-42-74(78)86(75-49-46-65(60-26-8-2-9-27-60)53-81(75)90(67-36-18-7-19-37-67)82-54-66(47-50-76(82)86)61-28-10-3-11-29-61)77-51-48-70(56-83(77)91)92-69-39-24-38-68(55-69)88-58-89(80-45-23-22-44-79(80)88)85-71(62-30-12-4-13-31-62)40-25-41-72(85)63-32-14-5-15-33-63;/h2-57H,1H3;/i6D,16D,17D,34D,35D;. The van der Waals surface area contributed by atoms with Crippen molar-refractivity contribution in [3.05, 3.63) is 371 Å². The number of ether oxygens (including phenoxy) is 1. The van der Waals surface area contributed by atoms with Crippen LogP contribution in [0.1, 0.15) is 34.7 Å². The molecule has 7 heteroatoms. The molecule has 6 nitrogen and oxygen atoms in total. The minimum absolute atomic E-state index is 0.0957. The summed E-state index contributed by atoms with van der Waals surface area (Å²) >= 11 is 2.49. The first-order chi connectivity index (χ1) is 48.0. The summed E-state index contributed by atoms with van der Waals surface area (Å²) in [6.45, 7) is 1.91. The number of aromatic nitrogens is 3. The molecule has 0 fully saturated rings. The number of hydrogen-bond acceptors (Lipinski definition) is 4. The Kier molecular flexibility index (Phi) is 12.5. The summed E-state index contributed by atoms with van der Waals surface area (Å²) in [6, 6.07) is 105. The van der Waals surface area contributed by atoms with Crippen LogP contribution in [0.2, 0.25) is 0 Å². The minimum Gasteiger partial charge on any atom is -0.0616 e. The van der Waals surface area contributed by atoms with Gasteiger partial charge in [-0.2, -0.15) is 0 Å². The second-order valence-electron chi connectivity index (χ2n) is 23.4. The first-order valence-corrected chi connectivity index (χ1v) is 32.2. The van der Waals surface area contributed by atoms with Crippen LogP contribution in [0.25, 0.3) is 78.0 Å². The molecule has 0 atom stereocenters. The monoisotopic (exact) mass is 1380 g/mol. The Morgan fingerprint density at radius 3 is 1.45 bits per heavy atom. The van der Waals surface area contributed by atoms with E-state index in [1.807, 2.05) is 19.1 Å². The minimum atomic E-state index is -0.981. The van der Waals surface area contributed by atoms with Crippen molar-refractivity contribution in [1.29, 1.82) is 0 Å². The van der Waals surface area contributed by atoms with E-state index in [-0.39, 0.29) is 17.6 Å². The Balaban J connectivity index is 0.884. The molecule has 13 aromatic carbocycles. The number of hydrogen-bond donors (Lipinski definition) is 0. The summed E-state index contributed by atoms with van der Waals surface area (Å²) < 4.78 is 56.7. The molecule has 0 saturated heterocycles. The van der Waals surface area contributed by atoms with E-state index in [0.29, 0.717) is 28.4 Å². The van der Waals surface area contributed by atoms with Crippen molar-refractivity contribution in [2.75, 3.05) is 9.80 Å². The number of benzene rings is 13. The number of para-hydroxylation sites is 5.